The Kier molecular flexibility index (Phi) is 6.11. The fourth-order valence-corrected chi connectivity index (χ4v) is 1.71. The van der Waals surface area contributed by atoms with Gasteiger partial charge in [-0.1, -0.05) is 12.1 Å². The van der Waals surface area contributed by atoms with Crippen LogP contribution in [0.25, 0.3) is 0 Å². The summed E-state index contributed by atoms with van der Waals surface area (Å²) in [6, 6.07) is 6.27. The van der Waals surface area contributed by atoms with Gasteiger partial charge in [0.25, 0.3) is 0 Å². The molecule has 0 unspecified atom stereocenters. The van der Waals surface area contributed by atoms with Crippen LogP contribution in [0.1, 0.15) is 19.4 Å². The number of halogens is 1. The molecule has 0 bridgehead atoms. The Morgan fingerprint density at radius 2 is 2.10 bits per heavy atom. The first kappa shape index (κ1) is 16.1. The van der Waals surface area contributed by atoms with E-state index in [1.54, 1.807) is 12.1 Å². The number of carbonyl (C=O) groups is 2. The molecule has 20 heavy (non-hydrogen) atoms. The molecule has 6 heteroatoms. The van der Waals surface area contributed by atoms with Gasteiger partial charge in [0, 0.05) is 12.6 Å². The molecule has 0 saturated heterocycles. The highest BCUT2D eigenvalue weighted by molar-refractivity contribution is 5.82. The zero-order valence-corrected chi connectivity index (χ0v) is 11.6. The molecule has 0 fully saturated rings. The van der Waals surface area contributed by atoms with Crippen molar-refractivity contribution in [3.8, 4) is 0 Å². The van der Waals surface area contributed by atoms with Crippen molar-refractivity contribution in [2.45, 2.75) is 26.4 Å². The van der Waals surface area contributed by atoms with Crippen molar-refractivity contribution in [2.24, 2.45) is 0 Å². The largest absolute Gasteiger partial charge is 0.480 e. The number of nitrogens with one attached hydrogen (secondary N) is 1. The van der Waals surface area contributed by atoms with Gasteiger partial charge < -0.3 is 10.4 Å². The predicted octanol–water partition coefficient (Wildman–Crippen LogP) is 1.24. The van der Waals surface area contributed by atoms with Gasteiger partial charge in [-0.15, -0.1) is 0 Å². The van der Waals surface area contributed by atoms with Crippen molar-refractivity contribution < 1.29 is 19.1 Å². The summed E-state index contributed by atoms with van der Waals surface area (Å²) < 4.78 is 13.1. The fourth-order valence-electron chi connectivity index (χ4n) is 1.71. The molecule has 110 valence electrons. The molecular weight excluding hydrogens is 263 g/mol. The topological polar surface area (TPSA) is 69.6 Å². The summed E-state index contributed by atoms with van der Waals surface area (Å²) in [5.74, 6) is -1.77. The minimum atomic E-state index is -1.08. The predicted molar refractivity (Wildman–Crippen MR) is 72.6 cm³/mol. The van der Waals surface area contributed by atoms with Crippen LogP contribution in [0.2, 0.25) is 0 Å². The molecule has 0 aliphatic rings. The van der Waals surface area contributed by atoms with Crippen LogP contribution in [0, 0.1) is 5.82 Å². The minimum Gasteiger partial charge on any atom is -0.480 e. The SMILES string of the molecule is CC(C)N(CC(=O)NCC(=O)O)Cc1cccc(F)c1. The quantitative estimate of drug-likeness (QED) is 0.789. The number of carboxylic acids is 1. The lowest BCUT2D eigenvalue weighted by molar-refractivity contribution is -0.138. The Labute approximate surface area is 117 Å². The number of hydrogen-bond acceptors (Lipinski definition) is 3. The second-order valence-corrected chi connectivity index (χ2v) is 4.80. The smallest absolute Gasteiger partial charge is 0.322 e. The van der Waals surface area contributed by atoms with Crippen LogP contribution in [0.4, 0.5) is 4.39 Å². The second-order valence-electron chi connectivity index (χ2n) is 4.80. The lowest BCUT2D eigenvalue weighted by Gasteiger charge is -2.25. The summed E-state index contributed by atoms with van der Waals surface area (Å²) in [5.41, 5.74) is 0.768. The van der Waals surface area contributed by atoms with E-state index < -0.39 is 12.5 Å². The summed E-state index contributed by atoms with van der Waals surface area (Å²) in [5, 5.41) is 10.8. The molecule has 1 aromatic carbocycles. The highest BCUT2D eigenvalue weighted by atomic mass is 19.1. The van der Waals surface area contributed by atoms with Crippen molar-refractivity contribution in [1.82, 2.24) is 10.2 Å². The maximum Gasteiger partial charge on any atom is 0.322 e. The van der Waals surface area contributed by atoms with Crippen molar-refractivity contribution in [3.63, 3.8) is 0 Å². The minimum absolute atomic E-state index is 0.0709. The lowest BCUT2D eigenvalue weighted by Crippen LogP contribution is -2.41. The third-order valence-electron chi connectivity index (χ3n) is 2.79. The molecule has 0 spiro atoms. The van der Waals surface area contributed by atoms with E-state index in [1.165, 1.54) is 12.1 Å². The van der Waals surface area contributed by atoms with Gasteiger partial charge >= 0.3 is 5.97 Å². The average molecular weight is 282 g/mol. The van der Waals surface area contributed by atoms with Crippen LogP contribution in [-0.2, 0) is 16.1 Å². The maximum atomic E-state index is 13.1. The Morgan fingerprint density at radius 3 is 2.65 bits per heavy atom. The number of amides is 1. The first-order valence-corrected chi connectivity index (χ1v) is 6.35. The zero-order valence-electron chi connectivity index (χ0n) is 11.6. The van der Waals surface area contributed by atoms with Crippen LogP contribution in [-0.4, -0.2) is 41.0 Å². The molecule has 1 aromatic rings. The van der Waals surface area contributed by atoms with Crippen LogP contribution >= 0.6 is 0 Å². The van der Waals surface area contributed by atoms with Crippen LogP contribution in [0.15, 0.2) is 24.3 Å². The third kappa shape index (κ3) is 5.79. The van der Waals surface area contributed by atoms with Gasteiger partial charge in [-0.05, 0) is 31.5 Å². The summed E-state index contributed by atoms with van der Waals surface area (Å²) in [6.07, 6.45) is 0. The number of aliphatic carboxylic acids is 1. The van der Waals surface area contributed by atoms with Gasteiger partial charge in [0.2, 0.25) is 5.91 Å². The second kappa shape index (κ2) is 7.59. The number of hydrogen-bond donors (Lipinski definition) is 2. The molecule has 5 nitrogen and oxygen atoms in total. The first-order chi connectivity index (χ1) is 9.38. The number of nitrogens with zero attached hydrogens (tertiary/aromatic N) is 1. The molecule has 0 heterocycles. The summed E-state index contributed by atoms with van der Waals surface area (Å²) in [6.45, 7) is 3.94. The molecule has 0 aliphatic carbocycles. The molecule has 2 N–H and O–H groups in total. The Morgan fingerprint density at radius 1 is 1.40 bits per heavy atom. The van der Waals surface area contributed by atoms with Gasteiger partial charge in [0.1, 0.15) is 12.4 Å². The standard InChI is InChI=1S/C14H19FN2O3/c1-10(2)17(9-13(18)16-7-14(19)20)8-11-4-3-5-12(15)6-11/h3-6,10H,7-9H2,1-2H3,(H,16,18)(H,19,20). The molecule has 0 atom stereocenters. The van der Waals surface area contributed by atoms with Crippen molar-refractivity contribution in [3.05, 3.63) is 35.6 Å². The molecule has 0 aliphatic heterocycles. The average Bonchev–Trinajstić information content (AvgIpc) is 2.35. The van der Waals surface area contributed by atoms with Gasteiger partial charge in [-0.2, -0.15) is 0 Å². The summed E-state index contributed by atoms with van der Waals surface area (Å²) in [7, 11) is 0. The number of carbonyl (C=O) groups excluding carboxylic acids is 1. The van der Waals surface area contributed by atoms with Crippen LogP contribution in [0.3, 0.4) is 0 Å². The normalized spacial score (nSPS) is 10.8. The molecule has 1 amide bonds. The molecule has 1 rings (SSSR count). The van der Waals surface area contributed by atoms with E-state index in [9.17, 15) is 14.0 Å². The number of benzene rings is 1. The van der Waals surface area contributed by atoms with E-state index >= 15 is 0 Å². The Bertz CT molecular complexity index is 477. The molecular formula is C14H19FN2O3. The highest BCUT2D eigenvalue weighted by Crippen LogP contribution is 2.09. The fraction of sp³-hybridized carbons (Fsp3) is 0.429. The van der Waals surface area contributed by atoms with Gasteiger partial charge in [0.05, 0.1) is 6.54 Å². The van der Waals surface area contributed by atoms with E-state index in [2.05, 4.69) is 5.32 Å². The van der Waals surface area contributed by atoms with Gasteiger partial charge in [-0.25, -0.2) is 4.39 Å². The number of carboxylic acid groups (broad SMARTS) is 1. The van der Waals surface area contributed by atoms with Gasteiger partial charge in [-0.3, -0.25) is 14.5 Å². The Hall–Kier alpha value is -1.95. The van der Waals surface area contributed by atoms with Gasteiger partial charge in [0.15, 0.2) is 0 Å². The van der Waals surface area contributed by atoms with Crippen molar-refractivity contribution in [1.29, 1.82) is 0 Å². The zero-order chi connectivity index (χ0) is 15.1. The van der Waals surface area contributed by atoms with E-state index in [-0.39, 0.29) is 24.3 Å². The third-order valence-corrected chi connectivity index (χ3v) is 2.79. The molecule has 0 aromatic heterocycles. The van der Waals surface area contributed by atoms with E-state index in [0.717, 1.165) is 5.56 Å². The summed E-state index contributed by atoms with van der Waals surface area (Å²) in [4.78, 5) is 23.9. The maximum absolute atomic E-state index is 13.1. The monoisotopic (exact) mass is 282 g/mol. The van der Waals surface area contributed by atoms with E-state index in [1.807, 2.05) is 18.7 Å². The highest BCUT2D eigenvalue weighted by Gasteiger charge is 2.15. The van der Waals surface area contributed by atoms with Crippen molar-refractivity contribution >= 4 is 11.9 Å². The van der Waals surface area contributed by atoms with Crippen molar-refractivity contribution in [2.75, 3.05) is 13.1 Å². The molecule has 0 saturated carbocycles. The van der Waals surface area contributed by atoms with E-state index in [4.69, 9.17) is 5.11 Å². The summed E-state index contributed by atoms with van der Waals surface area (Å²) >= 11 is 0. The molecule has 0 radical (unpaired) electrons. The van der Waals surface area contributed by atoms with Crippen LogP contribution < -0.4 is 5.32 Å². The lowest BCUT2D eigenvalue weighted by atomic mass is 10.2. The van der Waals surface area contributed by atoms with Crippen LogP contribution in [0.5, 0.6) is 0 Å². The number of rotatable bonds is 7. The van der Waals surface area contributed by atoms with E-state index in [0.29, 0.717) is 6.54 Å². The first-order valence-electron chi connectivity index (χ1n) is 6.35. The Balaban J connectivity index is 2.61.